The number of thiocarbonyl (C=S) groups is 1. The van der Waals surface area contributed by atoms with Crippen molar-refractivity contribution in [2.45, 2.75) is 52.4 Å². The van der Waals surface area contributed by atoms with E-state index in [1.807, 2.05) is 30.3 Å². The fourth-order valence-electron chi connectivity index (χ4n) is 2.82. The molecule has 2 rings (SSSR count). The minimum absolute atomic E-state index is 0.220. The second-order valence-electron chi connectivity index (χ2n) is 7.18. The fraction of sp³-hybridized carbons (Fsp3) is 0.417. The third kappa shape index (κ3) is 9.27. The molecular weight excluding hydrogens is 476 g/mol. The maximum Gasteiger partial charge on any atom is 0.261 e. The second-order valence-corrected chi connectivity index (χ2v) is 8.51. The number of amides is 1. The first-order valence-electron chi connectivity index (χ1n) is 10.8. The lowest BCUT2D eigenvalue weighted by Crippen LogP contribution is -2.34. The molecule has 0 spiro atoms. The van der Waals surface area contributed by atoms with Crippen LogP contribution in [-0.4, -0.2) is 24.2 Å². The van der Waals surface area contributed by atoms with Crippen molar-refractivity contribution in [1.29, 1.82) is 0 Å². The number of hydrogen-bond acceptors (Lipinski definition) is 4. The van der Waals surface area contributed by atoms with Gasteiger partial charge in [0.1, 0.15) is 11.5 Å². The van der Waals surface area contributed by atoms with E-state index in [0.717, 1.165) is 41.8 Å². The number of carbonyl (C=O) groups excluding carboxylic acids is 1. The summed E-state index contributed by atoms with van der Waals surface area (Å²) in [5, 5.41) is 5.97. The van der Waals surface area contributed by atoms with Gasteiger partial charge in [-0.25, -0.2) is 0 Å². The lowest BCUT2D eigenvalue weighted by atomic mass is 10.2. The summed E-state index contributed by atoms with van der Waals surface area (Å²) in [4.78, 5) is 12.7. The first-order chi connectivity index (χ1) is 15.0. The molecular formula is C24H31BrN2O3S. The number of rotatable bonds is 12. The molecule has 0 aliphatic carbocycles. The van der Waals surface area contributed by atoms with Gasteiger partial charge in [0.15, 0.2) is 5.11 Å². The fourth-order valence-corrected chi connectivity index (χ4v) is 3.39. The van der Waals surface area contributed by atoms with Crippen molar-refractivity contribution in [2.75, 3.05) is 18.5 Å². The summed E-state index contributed by atoms with van der Waals surface area (Å²) in [6, 6.07) is 12.9. The van der Waals surface area contributed by atoms with Crippen LogP contribution in [0.25, 0.3) is 0 Å². The molecule has 1 amide bonds. The quantitative estimate of drug-likeness (QED) is 0.247. The van der Waals surface area contributed by atoms with Crippen LogP contribution in [0.5, 0.6) is 11.5 Å². The van der Waals surface area contributed by atoms with Gasteiger partial charge < -0.3 is 14.8 Å². The van der Waals surface area contributed by atoms with E-state index in [-0.39, 0.29) is 11.0 Å². The van der Waals surface area contributed by atoms with Crippen LogP contribution in [0.3, 0.4) is 0 Å². The van der Waals surface area contributed by atoms with Crippen molar-refractivity contribution in [3.8, 4) is 11.5 Å². The van der Waals surface area contributed by atoms with E-state index in [4.69, 9.17) is 21.7 Å². The van der Waals surface area contributed by atoms with Gasteiger partial charge in [0.25, 0.3) is 5.91 Å². The molecule has 2 aromatic carbocycles. The molecule has 0 saturated heterocycles. The molecule has 31 heavy (non-hydrogen) atoms. The summed E-state index contributed by atoms with van der Waals surface area (Å²) in [5.74, 6) is 1.04. The molecule has 0 saturated carbocycles. The standard InChI is InChI=1S/C24H31BrN2O3S/c1-3-5-7-8-16-29-20-12-10-19(11-13-20)26-24(31)27-23(28)21-17-18(25)9-14-22(21)30-15-6-4-2/h9-14,17H,3-8,15-16H2,1-2H3,(H2,26,27,28,31). The van der Waals surface area contributed by atoms with Gasteiger partial charge in [0.05, 0.1) is 18.8 Å². The van der Waals surface area contributed by atoms with Crippen molar-refractivity contribution in [2.24, 2.45) is 0 Å². The van der Waals surface area contributed by atoms with Gasteiger partial charge in [-0.1, -0.05) is 55.5 Å². The Morgan fingerprint density at radius 3 is 2.35 bits per heavy atom. The molecule has 0 radical (unpaired) electrons. The van der Waals surface area contributed by atoms with Crippen LogP contribution < -0.4 is 20.1 Å². The molecule has 0 fully saturated rings. The Labute approximate surface area is 199 Å². The first kappa shape index (κ1) is 25.1. The predicted molar refractivity (Wildman–Crippen MR) is 134 cm³/mol. The largest absolute Gasteiger partial charge is 0.494 e. The van der Waals surface area contributed by atoms with Gasteiger partial charge in [0, 0.05) is 10.2 Å². The van der Waals surface area contributed by atoms with Gasteiger partial charge in [-0.2, -0.15) is 0 Å². The zero-order chi connectivity index (χ0) is 22.5. The summed E-state index contributed by atoms with van der Waals surface area (Å²) < 4.78 is 12.3. The summed E-state index contributed by atoms with van der Waals surface area (Å²) in [6.07, 6.45) is 6.65. The first-order valence-corrected chi connectivity index (χ1v) is 12.0. The van der Waals surface area contributed by atoms with Crippen molar-refractivity contribution in [3.05, 3.63) is 52.5 Å². The van der Waals surface area contributed by atoms with Crippen molar-refractivity contribution < 1.29 is 14.3 Å². The SMILES string of the molecule is CCCCCCOc1ccc(NC(=S)NC(=O)c2cc(Br)ccc2OCCCC)cc1. The van der Waals surface area contributed by atoms with Crippen LogP contribution >= 0.6 is 28.1 Å². The molecule has 5 nitrogen and oxygen atoms in total. The van der Waals surface area contributed by atoms with E-state index < -0.39 is 0 Å². The van der Waals surface area contributed by atoms with E-state index in [1.165, 1.54) is 19.3 Å². The average molecular weight is 507 g/mol. The Morgan fingerprint density at radius 2 is 1.65 bits per heavy atom. The van der Waals surface area contributed by atoms with Crippen LogP contribution in [-0.2, 0) is 0 Å². The molecule has 2 aromatic rings. The number of benzene rings is 2. The number of carbonyl (C=O) groups is 1. The topological polar surface area (TPSA) is 59.6 Å². The molecule has 0 aromatic heterocycles. The highest BCUT2D eigenvalue weighted by Crippen LogP contribution is 2.24. The Morgan fingerprint density at radius 1 is 0.935 bits per heavy atom. The molecule has 0 bridgehead atoms. The third-order valence-corrected chi connectivity index (χ3v) is 5.24. The summed E-state index contributed by atoms with van der Waals surface area (Å²) in [6.45, 7) is 5.57. The molecule has 0 aliphatic heterocycles. The van der Waals surface area contributed by atoms with Crippen molar-refractivity contribution in [3.63, 3.8) is 0 Å². The Balaban J connectivity index is 1.88. The number of unbranched alkanes of at least 4 members (excludes halogenated alkanes) is 4. The summed E-state index contributed by atoms with van der Waals surface area (Å²) in [5.41, 5.74) is 1.21. The van der Waals surface area contributed by atoms with E-state index in [1.54, 1.807) is 12.1 Å². The minimum atomic E-state index is -0.322. The van der Waals surface area contributed by atoms with Crippen LogP contribution in [0.2, 0.25) is 0 Å². The zero-order valence-electron chi connectivity index (χ0n) is 18.2. The van der Waals surface area contributed by atoms with Crippen molar-refractivity contribution in [1.82, 2.24) is 5.32 Å². The molecule has 7 heteroatoms. The molecule has 0 heterocycles. The molecule has 0 atom stereocenters. The Hall–Kier alpha value is -2.12. The Bertz CT molecular complexity index is 843. The molecule has 168 valence electrons. The lowest BCUT2D eigenvalue weighted by Gasteiger charge is -2.14. The summed E-state index contributed by atoms with van der Waals surface area (Å²) in [7, 11) is 0. The number of hydrogen-bond donors (Lipinski definition) is 2. The maximum atomic E-state index is 12.7. The average Bonchev–Trinajstić information content (AvgIpc) is 2.75. The number of ether oxygens (including phenoxy) is 2. The number of nitrogens with one attached hydrogen (secondary N) is 2. The van der Waals surface area contributed by atoms with E-state index in [9.17, 15) is 4.79 Å². The predicted octanol–water partition coefficient (Wildman–Crippen LogP) is 6.71. The molecule has 2 N–H and O–H groups in total. The van der Waals surface area contributed by atoms with Crippen LogP contribution in [0.1, 0.15) is 62.7 Å². The monoisotopic (exact) mass is 506 g/mol. The van der Waals surface area contributed by atoms with E-state index >= 15 is 0 Å². The van der Waals surface area contributed by atoms with E-state index in [0.29, 0.717) is 17.9 Å². The highest BCUT2D eigenvalue weighted by atomic mass is 79.9. The van der Waals surface area contributed by atoms with E-state index in [2.05, 4.69) is 40.4 Å². The maximum absolute atomic E-state index is 12.7. The van der Waals surface area contributed by atoms with Crippen LogP contribution in [0, 0.1) is 0 Å². The number of anilines is 1. The Kier molecular flexibility index (Phi) is 11.4. The lowest BCUT2D eigenvalue weighted by molar-refractivity contribution is 0.0973. The van der Waals surface area contributed by atoms with Gasteiger partial charge in [-0.05, 0) is 67.5 Å². The van der Waals surface area contributed by atoms with Gasteiger partial charge in [-0.3, -0.25) is 10.1 Å². The molecule has 0 unspecified atom stereocenters. The minimum Gasteiger partial charge on any atom is -0.494 e. The van der Waals surface area contributed by atoms with Crippen LogP contribution in [0.4, 0.5) is 5.69 Å². The van der Waals surface area contributed by atoms with Gasteiger partial charge >= 0.3 is 0 Å². The van der Waals surface area contributed by atoms with Gasteiger partial charge in [0.2, 0.25) is 0 Å². The third-order valence-electron chi connectivity index (χ3n) is 4.55. The van der Waals surface area contributed by atoms with Gasteiger partial charge in [-0.15, -0.1) is 0 Å². The smallest absolute Gasteiger partial charge is 0.261 e. The summed E-state index contributed by atoms with van der Waals surface area (Å²) >= 11 is 8.72. The highest BCUT2D eigenvalue weighted by molar-refractivity contribution is 9.10. The molecule has 0 aliphatic rings. The second kappa shape index (κ2) is 14.0. The van der Waals surface area contributed by atoms with Crippen molar-refractivity contribution >= 4 is 44.9 Å². The normalized spacial score (nSPS) is 10.4. The highest BCUT2D eigenvalue weighted by Gasteiger charge is 2.15. The van der Waals surface area contributed by atoms with Crippen LogP contribution in [0.15, 0.2) is 46.9 Å². The zero-order valence-corrected chi connectivity index (χ0v) is 20.6. The number of halogens is 1.